The van der Waals surface area contributed by atoms with E-state index in [1.807, 2.05) is 6.92 Å². The van der Waals surface area contributed by atoms with Gasteiger partial charge < -0.3 is 14.6 Å². The zero-order valence-electron chi connectivity index (χ0n) is 15.6. The van der Waals surface area contributed by atoms with Crippen LogP contribution in [0.25, 0.3) is 0 Å². The van der Waals surface area contributed by atoms with E-state index in [0.29, 0.717) is 19.1 Å². The highest BCUT2D eigenvalue weighted by molar-refractivity contribution is 5.60. The average Bonchev–Trinajstić information content (AvgIpc) is 2.53. The number of rotatable bonds is 11. The summed E-state index contributed by atoms with van der Waals surface area (Å²) in [7, 11) is 0. The van der Waals surface area contributed by atoms with Gasteiger partial charge in [-0.3, -0.25) is 0 Å². The molecule has 140 valence electrons. The van der Waals surface area contributed by atoms with E-state index in [9.17, 15) is 4.79 Å². The molecule has 3 atom stereocenters. The van der Waals surface area contributed by atoms with Gasteiger partial charge in [0.1, 0.15) is 6.10 Å². The number of aliphatic hydroxyl groups excluding tert-OH is 1. The molecular weight excluding hydrogens is 304 g/mol. The van der Waals surface area contributed by atoms with Crippen molar-refractivity contribution in [2.75, 3.05) is 13.2 Å². The van der Waals surface area contributed by atoms with Crippen molar-refractivity contribution < 1.29 is 19.4 Å². The van der Waals surface area contributed by atoms with Gasteiger partial charge in [0.25, 0.3) is 0 Å². The van der Waals surface area contributed by atoms with E-state index in [1.54, 1.807) is 0 Å². The Morgan fingerprint density at radius 1 is 1.08 bits per heavy atom. The van der Waals surface area contributed by atoms with Crippen LogP contribution in [-0.2, 0) is 9.47 Å². The van der Waals surface area contributed by atoms with Gasteiger partial charge in [-0.1, -0.05) is 51.2 Å². The number of carbonyl (C=O) groups is 1. The fraction of sp³-hybridized carbons (Fsp3) is 0.850. The first-order chi connectivity index (χ1) is 11.5. The van der Waals surface area contributed by atoms with Gasteiger partial charge in [-0.2, -0.15) is 0 Å². The topological polar surface area (TPSA) is 55.8 Å². The van der Waals surface area contributed by atoms with Crippen molar-refractivity contribution in [1.82, 2.24) is 0 Å². The molecule has 1 aliphatic carbocycles. The van der Waals surface area contributed by atoms with E-state index >= 15 is 0 Å². The molecule has 4 heteroatoms. The number of aliphatic hydroxyl groups is 1. The lowest BCUT2D eigenvalue weighted by molar-refractivity contribution is -0.0136. The Hall–Kier alpha value is -1.03. The predicted molar refractivity (Wildman–Crippen MR) is 96.9 cm³/mol. The summed E-state index contributed by atoms with van der Waals surface area (Å²) in [6, 6.07) is 0. The molecular formula is C20H36O4. The molecule has 0 spiro atoms. The van der Waals surface area contributed by atoms with Gasteiger partial charge in [-0.05, 0) is 44.9 Å². The molecule has 0 aliphatic heterocycles. The highest BCUT2D eigenvalue weighted by atomic mass is 16.7. The fourth-order valence-corrected chi connectivity index (χ4v) is 3.43. The summed E-state index contributed by atoms with van der Waals surface area (Å²) in [5.74, 6) is 0.858. The zero-order valence-corrected chi connectivity index (χ0v) is 15.6. The standard InChI is InChI=1S/C20H36O4/c1-16(2)18-12-11-17(3)15-19(18)24-20(22)23-14-10-8-6-4-5-7-9-13-21/h17-19,21H,1,4-15H2,2-3H3. The Balaban J connectivity index is 2.11. The van der Waals surface area contributed by atoms with Crippen LogP contribution in [0.2, 0.25) is 0 Å². The van der Waals surface area contributed by atoms with Crippen LogP contribution >= 0.6 is 0 Å². The number of ether oxygens (including phenoxy) is 2. The summed E-state index contributed by atoms with van der Waals surface area (Å²) < 4.78 is 10.8. The van der Waals surface area contributed by atoms with Crippen molar-refractivity contribution >= 4 is 6.16 Å². The third kappa shape index (κ3) is 8.72. The average molecular weight is 341 g/mol. The monoisotopic (exact) mass is 340 g/mol. The van der Waals surface area contributed by atoms with Crippen LogP contribution in [0.4, 0.5) is 4.79 Å². The molecule has 1 rings (SSSR count). The van der Waals surface area contributed by atoms with Crippen LogP contribution < -0.4 is 0 Å². The minimum absolute atomic E-state index is 0.0784. The Kier molecular flexibility index (Phi) is 10.8. The lowest BCUT2D eigenvalue weighted by Gasteiger charge is -2.34. The summed E-state index contributed by atoms with van der Waals surface area (Å²) in [5, 5.41) is 8.70. The van der Waals surface area contributed by atoms with E-state index in [2.05, 4.69) is 13.5 Å². The zero-order chi connectivity index (χ0) is 17.8. The molecule has 0 amide bonds. The molecule has 0 radical (unpaired) electrons. The molecule has 1 aliphatic rings. The van der Waals surface area contributed by atoms with E-state index in [4.69, 9.17) is 14.6 Å². The van der Waals surface area contributed by atoms with E-state index in [1.165, 1.54) is 19.3 Å². The molecule has 1 fully saturated rings. The lowest BCUT2D eigenvalue weighted by Crippen LogP contribution is -2.33. The van der Waals surface area contributed by atoms with Crippen LogP contribution in [0.3, 0.4) is 0 Å². The maximum absolute atomic E-state index is 11.9. The van der Waals surface area contributed by atoms with Crippen molar-refractivity contribution in [2.45, 2.75) is 84.2 Å². The van der Waals surface area contributed by atoms with E-state index in [0.717, 1.165) is 50.5 Å². The van der Waals surface area contributed by atoms with Crippen LogP contribution in [0.1, 0.15) is 78.1 Å². The van der Waals surface area contributed by atoms with Gasteiger partial charge in [0, 0.05) is 12.5 Å². The lowest BCUT2D eigenvalue weighted by atomic mass is 9.78. The van der Waals surface area contributed by atoms with Crippen molar-refractivity contribution in [3.63, 3.8) is 0 Å². The van der Waals surface area contributed by atoms with E-state index < -0.39 is 6.16 Å². The van der Waals surface area contributed by atoms with Gasteiger partial charge in [0.2, 0.25) is 0 Å². The van der Waals surface area contributed by atoms with Crippen LogP contribution in [0, 0.1) is 11.8 Å². The predicted octanol–water partition coefficient (Wildman–Crippen LogP) is 5.24. The second-order valence-electron chi connectivity index (χ2n) is 7.32. The molecule has 3 unspecified atom stereocenters. The number of unbranched alkanes of at least 4 members (excludes halogenated alkanes) is 6. The Morgan fingerprint density at radius 2 is 1.71 bits per heavy atom. The first kappa shape index (κ1) is 21.0. The molecule has 0 saturated heterocycles. The molecule has 0 bridgehead atoms. The minimum atomic E-state index is -0.525. The fourth-order valence-electron chi connectivity index (χ4n) is 3.43. The molecule has 0 aromatic carbocycles. The summed E-state index contributed by atoms with van der Waals surface area (Å²) in [4.78, 5) is 11.9. The SMILES string of the molecule is C=C(C)C1CCC(C)CC1OC(=O)OCCCCCCCCCO. The summed E-state index contributed by atoms with van der Waals surface area (Å²) in [5.41, 5.74) is 1.10. The van der Waals surface area contributed by atoms with Gasteiger partial charge in [0.05, 0.1) is 6.61 Å². The van der Waals surface area contributed by atoms with Gasteiger partial charge >= 0.3 is 6.16 Å². The van der Waals surface area contributed by atoms with Crippen molar-refractivity contribution in [1.29, 1.82) is 0 Å². The second kappa shape index (κ2) is 12.3. The Bertz CT molecular complexity index is 367. The van der Waals surface area contributed by atoms with Crippen molar-refractivity contribution in [3.8, 4) is 0 Å². The summed E-state index contributed by atoms with van der Waals surface area (Å²) >= 11 is 0. The van der Waals surface area contributed by atoms with Crippen LogP contribution in [0.15, 0.2) is 12.2 Å². The van der Waals surface area contributed by atoms with E-state index in [-0.39, 0.29) is 12.0 Å². The second-order valence-corrected chi connectivity index (χ2v) is 7.32. The molecule has 0 aromatic rings. The molecule has 4 nitrogen and oxygen atoms in total. The molecule has 1 N–H and O–H groups in total. The summed E-state index contributed by atoms with van der Waals surface area (Å²) in [6.07, 6.45) is 9.99. The van der Waals surface area contributed by atoms with Crippen LogP contribution in [0.5, 0.6) is 0 Å². The van der Waals surface area contributed by atoms with Gasteiger partial charge in [-0.15, -0.1) is 0 Å². The van der Waals surface area contributed by atoms with Crippen molar-refractivity contribution in [3.05, 3.63) is 12.2 Å². The summed E-state index contributed by atoms with van der Waals surface area (Å²) in [6.45, 7) is 8.99. The first-order valence-corrected chi connectivity index (χ1v) is 9.64. The van der Waals surface area contributed by atoms with Crippen molar-refractivity contribution in [2.24, 2.45) is 11.8 Å². The maximum Gasteiger partial charge on any atom is 0.508 e. The third-order valence-corrected chi connectivity index (χ3v) is 4.96. The smallest absolute Gasteiger partial charge is 0.434 e. The Labute approximate surface area is 147 Å². The van der Waals surface area contributed by atoms with Crippen LogP contribution in [-0.4, -0.2) is 30.6 Å². The highest BCUT2D eigenvalue weighted by Gasteiger charge is 2.32. The molecule has 0 heterocycles. The number of hydrogen-bond acceptors (Lipinski definition) is 4. The maximum atomic E-state index is 11.9. The third-order valence-electron chi connectivity index (χ3n) is 4.96. The number of hydrogen-bond donors (Lipinski definition) is 1. The highest BCUT2D eigenvalue weighted by Crippen LogP contribution is 2.34. The first-order valence-electron chi connectivity index (χ1n) is 9.64. The largest absolute Gasteiger partial charge is 0.508 e. The van der Waals surface area contributed by atoms with Gasteiger partial charge in [0.15, 0.2) is 0 Å². The minimum Gasteiger partial charge on any atom is -0.434 e. The molecule has 0 aromatic heterocycles. The normalized spacial score (nSPS) is 23.7. The molecule has 1 saturated carbocycles. The Morgan fingerprint density at radius 3 is 2.33 bits per heavy atom. The van der Waals surface area contributed by atoms with Gasteiger partial charge in [-0.25, -0.2) is 4.79 Å². The molecule has 24 heavy (non-hydrogen) atoms. The number of carbonyl (C=O) groups excluding carboxylic acids is 1. The quantitative estimate of drug-likeness (QED) is 0.317.